The standard InChI is InChI=1S/C24H26N6O4S2/c31-30(32)22-7-3-19(4-8-22)18-28-12-14-29(15-13-28)36(33,34)23-9-5-21(6-10-23)27-24(35)26-17-20-2-1-11-25-16-20/h1-11,16H,12-15,17-18H2,(H2,26,27,35). The number of rotatable bonds is 8. The predicted octanol–water partition coefficient (Wildman–Crippen LogP) is 2.98. The lowest BCUT2D eigenvalue weighted by Gasteiger charge is -2.34. The molecule has 2 aromatic carbocycles. The highest BCUT2D eigenvalue weighted by atomic mass is 32.2. The number of sulfonamides is 1. The van der Waals surface area contributed by atoms with E-state index in [-0.39, 0.29) is 10.6 Å². The summed E-state index contributed by atoms with van der Waals surface area (Å²) in [4.78, 5) is 16.8. The summed E-state index contributed by atoms with van der Waals surface area (Å²) in [5.74, 6) is 0. The van der Waals surface area contributed by atoms with Gasteiger partial charge in [0.15, 0.2) is 5.11 Å². The number of nitrogens with zero attached hydrogens (tertiary/aromatic N) is 4. The molecule has 1 aromatic heterocycles. The third kappa shape index (κ3) is 6.61. The van der Waals surface area contributed by atoms with Crippen LogP contribution in [0.15, 0.2) is 78.0 Å². The highest BCUT2D eigenvalue weighted by Gasteiger charge is 2.28. The van der Waals surface area contributed by atoms with Gasteiger partial charge in [-0.1, -0.05) is 18.2 Å². The van der Waals surface area contributed by atoms with E-state index in [1.165, 1.54) is 16.4 Å². The number of hydrogen-bond acceptors (Lipinski definition) is 7. The molecule has 0 bridgehead atoms. The van der Waals surface area contributed by atoms with Crippen LogP contribution >= 0.6 is 12.2 Å². The van der Waals surface area contributed by atoms with Crippen molar-refractivity contribution in [3.8, 4) is 0 Å². The smallest absolute Gasteiger partial charge is 0.269 e. The molecule has 1 saturated heterocycles. The molecular formula is C24H26N6O4S2. The second-order valence-corrected chi connectivity index (χ2v) is 10.6. The molecule has 0 radical (unpaired) electrons. The van der Waals surface area contributed by atoms with Crippen molar-refractivity contribution >= 4 is 38.7 Å². The number of piperazine rings is 1. The van der Waals surface area contributed by atoms with Gasteiger partial charge in [-0.2, -0.15) is 4.31 Å². The lowest BCUT2D eigenvalue weighted by molar-refractivity contribution is -0.384. The summed E-state index contributed by atoms with van der Waals surface area (Å²) in [6, 6.07) is 16.8. The number of anilines is 1. The Kier molecular flexibility index (Phi) is 8.21. The minimum Gasteiger partial charge on any atom is -0.358 e. The molecule has 3 aromatic rings. The minimum absolute atomic E-state index is 0.0544. The number of thiocarbonyl (C=S) groups is 1. The summed E-state index contributed by atoms with van der Waals surface area (Å²) in [5, 5.41) is 17.4. The lowest BCUT2D eigenvalue weighted by atomic mass is 10.2. The van der Waals surface area contributed by atoms with E-state index < -0.39 is 14.9 Å². The Balaban J connectivity index is 1.28. The highest BCUT2D eigenvalue weighted by molar-refractivity contribution is 7.89. The second kappa shape index (κ2) is 11.5. The normalized spacial score (nSPS) is 14.8. The van der Waals surface area contributed by atoms with Crippen molar-refractivity contribution in [1.29, 1.82) is 0 Å². The maximum absolute atomic E-state index is 13.1. The Bertz CT molecular complexity index is 1290. The van der Waals surface area contributed by atoms with Gasteiger partial charge in [-0.3, -0.25) is 20.0 Å². The van der Waals surface area contributed by atoms with Crippen molar-refractivity contribution in [1.82, 2.24) is 19.5 Å². The predicted molar refractivity (Wildman–Crippen MR) is 141 cm³/mol. The first kappa shape index (κ1) is 25.6. The largest absolute Gasteiger partial charge is 0.358 e. The third-order valence-corrected chi connectivity index (χ3v) is 7.97. The Hall–Kier alpha value is -3.45. The van der Waals surface area contributed by atoms with Crippen LogP contribution in [0.5, 0.6) is 0 Å². The van der Waals surface area contributed by atoms with Gasteiger partial charge in [0.05, 0.1) is 9.82 Å². The number of hydrogen-bond donors (Lipinski definition) is 2. The summed E-state index contributed by atoms with van der Waals surface area (Å²) >= 11 is 5.32. The van der Waals surface area contributed by atoms with Crippen molar-refractivity contribution in [2.45, 2.75) is 18.0 Å². The van der Waals surface area contributed by atoms with E-state index in [1.807, 2.05) is 12.1 Å². The van der Waals surface area contributed by atoms with Gasteiger partial charge in [0, 0.05) is 69.5 Å². The Morgan fingerprint density at radius 1 is 1.00 bits per heavy atom. The molecule has 0 amide bonds. The van der Waals surface area contributed by atoms with Gasteiger partial charge in [0.25, 0.3) is 5.69 Å². The van der Waals surface area contributed by atoms with E-state index in [0.717, 1.165) is 11.1 Å². The first-order valence-corrected chi connectivity index (χ1v) is 13.2. The van der Waals surface area contributed by atoms with Gasteiger partial charge in [-0.15, -0.1) is 0 Å². The van der Waals surface area contributed by atoms with Gasteiger partial charge in [0.2, 0.25) is 10.0 Å². The van der Waals surface area contributed by atoms with Crippen LogP contribution in [0.1, 0.15) is 11.1 Å². The summed E-state index contributed by atoms with van der Waals surface area (Å²) in [5.41, 5.74) is 2.69. The maximum Gasteiger partial charge on any atom is 0.269 e. The molecule has 188 valence electrons. The van der Waals surface area contributed by atoms with Gasteiger partial charge in [-0.05, 0) is 53.7 Å². The molecule has 0 spiro atoms. The summed E-state index contributed by atoms with van der Waals surface area (Å²) in [6.45, 7) is 3.04. The van der Waals surface area contributed by atoms with E-state index in [2.05, 4.69) is 20.5 Å². The molecule has 2 heterocycles. The average molecular weight is 527 g/mol. The van der Waals surface area contributed by atoms with Crippen LogP contribution < -0.4 is 10.6 Å². The minimum atomic E-state index is -3.62. The summed E-state index contributed by atoms with van der Waals surface area (Å²) < 4.78 is 27.7. The van der Waals surface area contributed by atoms with Crippen molar-refractivity contribution in [3.05, 3.63) is 94.3 Å². The van der Waals surface area contributed by atoms with E-state index >= 15 is 0 Å². The first-order valence-electron chi connectivity index (χ1n) is 11.3. The average Bonchev–Trinajstić information content (AvgIpc) is 2.89. The highest BCUT2D eigenvalue weighted by Crippen LogP contribution is 2.21. The second-order valence-electron chi connectivity index (χ2n) is 8.30. The Morgan fingerprint density at radius 3 is 2.31 bits per heavy atom. The molecule has 1 aliphatic heterocycles. The zero-order valence-electron chi connectivity index (χ0n) is 19.4. The van der Waals surface area contributed by atoms with Crippen LogP contribution in [-0.2, 0) is 23.1 Å². The van der Waals surface area contributed by atoms with Crippen LogP contribution in [0.3, 0.4) is 0 Å². The van der Waals surface area contributed by atoms with Crippen molar-refractivity contribution in [2.75, 3.05) is 31.5 Å². The molecule has 0 saturated carbocycles. The number of nitro groups is 1. The molecule has 0 aliphatic carbocycles. The summed E-state index contributed by atoms with van der Waals surface area (Å²) in [7, 11) is -3.62. The number of nitrogens with one attached hydrogen (secondary N) is 2. The fourth-order valence-electron chi connectivity index (χ4n) is 3.83. The number of nitro benzene ring substituents is 1. The van der Waals surface area contributed by atoms with Crippen molar-refractivity contribution < 1.29 is 13.3 Å². The van der Waals surface area contributed by atoms with Gasteiger partial charge in [-0.25, -0.2) is 8.42 Å². The third-order valence-electron chi connectivity index (χ3n) is 5.81. The van der Waals surface area contributed by atoms with E-state index in [1.54, 1.807) is 48.8 Å². The van der Waals surface area contributed by atoms with E-state index in [4.69, 9.17) is 12.2 Å². The zero-order chi connectivity index (χ0) is 25.5. The number of aromatic nitrogens is 1. The topological polar surface area (TPSA) is 121 Å². The van der Waals surface area contributed by atoms with Crippen LogP contribution in [0.4, 0.5) is 11.4 Å². The molecular weight excluding hydrogens is 500 g/mol. The van der Waals surface area contributed by atoms with Crippen molar-refractivity contribution in [2.24, 2.45) is 0 Å². The molecule has 10 nitrogen and oxygen atoms in total. The molecule has 4 rings (SSSR count). The van der Waals surface area contributed by atoms with Crippen molar-refractivity contribution in [3.63, 3.8) is 0 Å². The molecule has 36 heavy (non-hydrogen) atoms. The lowest BCUT2D eigenvalue weighted by Crippen LogP contribution is -2.48. The molecule has 0 unspecified atom stereocenters. The summed E-state index contributed by atoms with van der Waals surface area (Å²) in [6.07, 6.45) is 3.46. The fourth-order valence-corrected chi connectivity index (χ4v) is 5.44. The Labute approximate surface area is 215 Å². The first-order chi connectivity index (χ1) is 17.3. The van der Waals surface area contributed by atoms with Crippen LogP contribution in [-0.4, -0.2) is 58.8 Å². The molecule has 12 heteroatoms. The zero-order valence-corrected chi connectivity index (χ0v) is 21.0. The van der Waals surface area contributed by atoms with E-state index in [0.29, 0.717) is 50.1 Å². The Morgan fingerprint density at radius 2 is 1.69 bits per heavy atom. The quantitative estimate of drug-likeness (QED) is 0.259. The fraction of sp³-hybridized carbons (Fsp3) is 0.250. The molecule has 2 N–H and O–H groups in total. The SMILES string of the molecule is O=[N+]([O-])c1ccc(CN2CCN(S(=O)(=O)c3ccc(NC(=S)NCc4cccnc4)cc3)CC2)cc1. The molecule has 1 aliphatic rings. The van der Waals surface area contributed by atoms with E-state index in [9.17, 15) is 18.5 Å². The van der Waals surface area contributed by atoms with Crippen LogP contribution in [0.25, 0.3) is 0 Å². The number of pyridine rings is 1. The molecule has 0 atom stereocenters. The van der Waals surface area contributed by atoms with Crippen LogP contribution in [0, 0.1) is 10.1 Å². The van der Waals surface area contributed by atoms with Gasteiger partial charge in [0.1, 0.15) is 0 Å². The molecule has 1 fully saturated rings. The number of benzene rings is 2. The van der Waals surface area contributed by atoms with Crippen LogP contribution in [0.2, 0.25) is 0 Å². The van der Waals surface area contributed by atoms with Gasteiger partial charge < -0.3 is 10.6 Å². The van der Waals surface area contributed by atoms with Gasteiger partial charge >= 0.3 is 0 Å². The maximum atomic E-state index is 13.1. The monoisotopic (exact) mass is 526 g/mol. The number of non-ortho nitro benzene ring substituents is 1.